The molecular formula is C9H16O7. The van der Waals surface area contributed by atoms with E-state index in [4.69, 9.17) is 15.3 Å². The monoisotopic (exact) mass is 236 g/mol. The van der Waals surface area contributed by atoms with Crippen LogP contribution >= 0.6 is 0 Å². The number of esters is 2. The van der Waals surface area contributed by atoms with E-state index in [0.29, 0.717) is 0 Å². The third kappa shape index (κ3) is 4.56. The Hall–Kier alpha value is -1.18. The molecular weight excluding hydrogens is 220 g/mol. The van der Waals surface area contributed by atoms with Crippen molar-refractivity contribution < 1.29 is 34.4 Å². The summed E-state index contributed by atoms with van der Waals surface area (Å²) in [5.74, 6) is -4.98. The highest BCUT2D eigenvalue weighted by Crippen LogP contribution is 2.10. The number of carbonyl (C=O) groups is 2. The van der Waals surface area contributed by atoms with Gasteiger partial charge < -0.3 is 24.8 Å². The molecule has 0 fully saturated rings. The van der Waals surface area contributed by atoms with Gasteiger partial charge in [0, 0.05) is 13.0 Å². The summed E-state index contributed by atoms with van der Waals surface area (Å²) in [6.07, 6.45) is -1.83. The molecule has 0 aliphatic rings. The molecule has 7 nitrogen and oxygen atoms in total. The quantitative estimate of drug-likeness (QED) is 0.381. The second-order valence-electron chi connectivity index (χ2n) is 3.09. The summed E-state index contributed by atoms with van der Waals surface area (Å²) in [5, 5.41) is 26.7. The van der Waals surface area contributed by atoms with Gasteiger partial charge in [0.25, 0.3) is 5.79 Å². The van der Waals surface area contributed by atoms with Gasteiger partial charge in [-0.2, -0.15) is 0 Å². The average Bonchev–Trinajstić information content (AvgIpc) is 2.17. The van der Waals surface area contributed by atoms with Gasteiger partial charge in [-0.25, -0.2) is 9.59 Å². The zero-order chi connectivity index (χ0) is 12.8. The molecule has 0 aromatic rings. The molecule has 1 atom stereocenters. The second kappa shape index (κ2) is 6.41. The van der Waals surface area contributed by atoms with Crippen LogP contribution in [0, 0.1) is 0 Å². The van der Waals surface area contributed by atoms with Gasteiger partial charge in [0.05, 0.1) is 6.61 Å². The Morgan fingerprint density at radius 2 is 1.94 bits per heavy atom. The lowest BCUT2D eigenvalue weighted by atomic mass is 10.2. The summed E-state index contributed by atoms with van der Waals surface area (Å²) < 4.78 is 9.01. The lowest BCUT2D eigenvalue weighted by molar-refractivity contribution is -0.219. The van der Waals surface area contributed by atoms with Crippen LogP contribution in [-0.2, 0) is 19.1 Å². The average molecular weight is 236 g/mol. The zero-order valence-corrected chi connectivity index (χ0v) is 9.17. The molecule has 0 spiro atoms. The van der Waals surface area contributed by atoms with E-state index in [-0.39, 0.29) is 6.61 Å². The maximum absolute atomic E-state index is 11.1. The first kappa shape index (κ1) is 14.8. The molecule has 0 aromatic carbocycles. The van der Waals surface area contributed by atoms with E-state index in [1.807, 2.05) is 0 Å². The van der Waals surface area contributed by atoms with Gasteiger partial charge in [0.15, 0.2) is 6.10 Å². The van der Waals surface area contributed by atoms with Gasteiger partial charge in [0.2, 0.25) is 0 Å². The third-order valence-electron chi connectivity index (χ3n) is 1.69. The molecule has 3 N–H and O–H groups in total. The fourth-order valence-electron chi connectivity index (χ4n) is 0.821. The van der Waals surface area contributed by atoms with Crippen LogP contribution in [0.3, 0.4) is 0 Å². The number of aliphatic hydroxyl groups is 3. The van der Waals surface area contributed by atoms with Gasteiger partial charge >= 0.3 is 11.9 Å². The minimum Gasteiger partial charge on any atom is -0.463 e. The Morgan fingerprint density at radius 3 is 2.38 bits per heavy atom. The Balaban J connectivity index is 4.28. The van der Waals surface area contributed by atoms with Crippen molar-refractivity contribution in [3.8, 4) is 0 Å². The SMILES string of the molecule is CCOC(=O)C(C)OC(=O)C(O)(O)CCO. The summed E-state index contributed by atoms with van der Waals surface area (Å²) >= 11 is 0. The summed E-state index contributed by atoms with van der Waals surface area (Å²) in [6.45, 7) is 2.35. The summed E-state index contributed by atoms with van der Waals surface area (Å²) in [7, 11) is 0. The van der Waals surface area contributed by atoms with Crippen molar-refractivity contribution in [2.45, 2.75) is 32.2 Å². The maximum Gasteiger partial charge on any atom is 0.367 e. The van der Waals surface area contributed by atoms with Crippen molar-refractivity contribution in [2.75, 3.05) is 13.2 Å². The van der Waals surface area contributed by atoms with E-state index in [0.717, 1.165) is 0 Å². The topological polar surface area (TPSA) is 113 Å². The van der Waals surface area contributed by atoms with Crippen molar-refractivity contribution in [1.82, 2.24) is 0 Å². The molecule has 0 aromatic heterocycles. The molecule has 7 heteroatoms. The molecule has 0 heterocycles. The van der Waals surface area contributed by atoms with Gasteiger partial charge in [0.1, 0.15) is 0 Å². The Kier molecular flexibility index (Phi) is 5.94. The fourth-order valence-corrected chi connectivity index (χ4v) is 0.821. The number of hydrogen-bond donors (Lipinski definition) is 3. The van der Waals surface area contributed by atoms with Gasteiger partial charge in [-0.15, -0.1) is 0 Å². The third-order valence-corrected chi connectivity index (χ3v) is 1.69. The van der Waals surface area contributed by atoms with Crippen molar-refractivity contribution in [2.24, 2.45) is 0 Å². The van der Waals surface area contributed by atoms with Crippen LogP contribution in [0.2, 0.25) is 0 Å². The first-order valence-corrected chi connectivity index (χ1v) is 4.78. The number of hydrogen-bond acceptors (Lipinski definition) is 7. The predicted octanol–water partition coefficient (Wildman–Crippen LogP) is -1.46. The molecule has 1 unspecified atom stereocenters. The highest BCUT2D eigenvalue weighted by Gasteiger charge is 2.36. The summed E-state index contributed by atoms with van der Waals surface area (Å²) in [5.41, 5.74) is 0. The number of aliphatic hydroxyl groups excluding tert-OH is 1. The first-order chi connectivity index (χ1) is 7.35. The van der Waals surface area contributed by atoms with E-state index < -0.39 is 36.9 Å². The Morgan fingerprint density at radius 1 is 1.38 bits per heavy atom. The largest absolute Gasteiger partial charge is 0.463 e. The number of rotatable bonds is 6. The van der Waals surface area contributed by atoms with Crippen LogP contribution < -0.4 is 0 Å². The van der Waals surface area contributed by atoms with Crippen molar-refractivity contribution in [3.63, 3.8) is 0 Å². The second-order valence-corrected chi connectivity index (χ2v) is 3.09. The standard InChI is InChI=1S/C9H16O7/c1-3-15-7(11)6(2)16-8(12)9(13,14)4-5-10/h6,10,13-14H,3-5H2,1-2H3. The molecule has 0 radical (unpaired) electrons. The lowest BCUT2D eigenvalue weighted by Crippen LogP contribution is -2.43. The van der Waals surface area contributed by atoms with E-state index in [9.17, 15) is 9.59 Å². The molecule has 0 rings (SSSR count). The molecule has 16 heavy (non-hydrogen) atoms. The maximum atomic E-state index is 11.1. The normalized spacial score (nSPS) is 13.1. The van der Waals surface area contributed by atoms with Gasteiger partial charge in [-0.3, -0.25) is 0 Å². The molecule has 0 aliphatic heterocycles. The van der Waals surface area contributed by atoms with Crippen LogP contribution in [0.15, 0.2) is 0 Å². The van der Waals surface area contributed by atoms with Crippen molar-refractivity contribution in [1.29, 1.82) is 0 Å². The Bertz CT molecular complexity index is 248. The van der Waals surface area contributed by atoms with E-state index in [1.165, 1.54) is 6.92 Å². The molecule has 0 bridgehead atoms. The molecule has 0 aliphatic carbocycles. The van der Waals surface area contributed by atoms with Crippen molar-refractivity contribution >= 4 is 11.9 Å². The van der Waals surface area contributed by atoms with Crippen LogP contribution in [0.25, 0.3) is 0 Å². The Labute approximate surface area is 92.6 Å². The lowest BCUT2D eigenvalue weighted by Gasteiger charge is -2.20. The first-order valence-electron chi connectivity index (χ1n) is 4.78. The smallest absolute Gasteiger partial charge is 0.367 e. The van der Waals surface area contributed by atoms with Crippen molar-refractivity contribution in [3.05, 3.63) is 0 Å². The van der Waals surface area contributed by atoms with E-state index >= 15 is 0 Å². The van der Waals surface area contributed by atoms with Gasteiger partial charge in [-0.1, -0.05) is 0 Å². The summed E-state index contributed by atoms with van der Waals surface area (Å²) in [4.78, 5) is 22.2. The zero-order valence-electron chi connectivity index (χ0n) is 9.17. The van der Waals surface area contributed by atoms with Crippen LogP contribution in [-0.4, -0.2) is 52.4 Å². The molecule has 0 saturated carbocycles. The highest BCUT2D eigenvalue weighted by atomic mass is 16.6. The number of ether oxygens (including phenoxy) is 2. The number of carbonyl (C=O) groups excluding carboxylic acids is 2. The fraction of sp³-hybridized carbons (Fsp3) is 0.778. The van der Waals surface area contributed by atoms with Crippen LogP contribution in [0.5, 0.6) is 0 Å². The minimum absolute atomic E-state index is 0.126. The van der Waals surface area contributed by atoms with E-state index in [1.54, 1.807) is 6.92 Å². The van der Waals surface area contributed by atoms with Crippen LogP contribution in [0.4, 0.5) is 0 Å². The minimum atomic E-state index is -2.80. The van der Waals surface area contributed by atoms with Crippen LogP contribution in [0.1, 0.15) is 20.3 Å². The molecule has 0 saturated heterocycles. The van der Waals surface area contributed by atoms with Gasteiger partial charge in [-0.05, 0) is 13.8 Å². The molecule has 0 amide bonds. The van der Waals surface area contributed by atoms with E-state index in [2.05, 4.69) is 9.47 Å². The predicted molar refractivity (Wildman–Crippen MR) is 51.1 cm³/mol. The summed E-state index contributed by atoms with van der Waals surface area (Å²) in [6, 6.07) is 0. The molecule has 94 valence electrons. The highest BCUT2D eigenvalue weighted by molar-refractivity contribution is 5.82.